The molecule has 0 saturated heterocycles. The highest BCUT2D eigenvalue weighted by atomic mass is 79.9. The molecule has 0 atom stereocenters. The Morgan fingerprint density at radius 3 is 2.95 bits per heavy atom. The monoisotopic (exact) mass is 321 g/mol. The summed E-state index contributed by atoms with van der Waals surface area (Å²) in [6.07, 6.45) is 4.45. The van der Waals surface area contributed by atoms with Gasteiger partial charge in [0.1, 0.15) is 5.82 Å². The number of hydrogen-bond acceptors (Lipinski definition) is 3. The van der Waals surface area contributed by atoms with Crippen molar-refractivity contribution in [1.29, 1.82) is 0 Å². The Bertz CT molecular complexity index is 617. The van der Waals surface area contributed by atoms with Crippen LogP contribution in [-0.2, 0) is 0 Å². The molecule has 0 aliphatic rings. The van der Waals surface area contributed by atoms with Gasteiger partial charge in [-0.15, -0.1) is 0 Å². The second-order valence-electron chi connectivity index (χ2n) is 3.61. The highest BCUT2D eigenvalue weighted by molar-refractivity contribution is 9.10. The van der Waals surface area contributed by atoms with E-state index in [2.05, 4.69) is 31.4 Å². The zero-order valence-electron chi connectivity index (χ0n) is 9.68. The molecule has 1 aromatic carbocycles. The molecule has 1 N–H and O–H groups in total. The molecular weight excluding hydrogens is 313 g/mol. The number of halogens is 2. The van der Waals surface area contributed by atoms with E-state index in [0.717, 1.165) is 0 Å². The lowest BCUT2D eigenvalue weighted by Gasteiger charge is -1.99. The van der Waals surface area contributed by atoms with Crippen LogP contribution in [0.2, 0.25) is 0 Å². The van der Waals surface area contributed by atoms with Crippen molar-refractivity contribution in [2.75, 3.05) is 0 Å². The van der Waals surface area contributed by atoms with Crippen molar-refractivity contribution in [3.8, 4) is 0 Å². The molecule has 96 valence electrons. The Hall–Kier alpha value is -2.08. The summed E-state index contributed by atoms with van der Waals surface area (Å²) in [6.45, 7) is 0. The van der Waals surface area contributed by atoms with Crippen LogP contribution in [0.25, 0.3) is 0 Å². The number of nitrogens with zero attached hydrogens (tertiary/aromatic N) is 2. The van der Waals surface area contributed by atoms with Crippen LogP contribution in [0.1, 0.15) is 15.9 Å². The Balaban J connectivity index is 2.00. The first-order chi connectivity index (χ1) is 9.16. The number of nitrogens with one attached hydrogen (secondary N) is 1. The van der Waals surface area contributed by atoms with Gasteiger partial charge in [-0.05, 0) is 45.8 Å². The summed E-state index contributed by atoms with van der Waals surface area (Å²) >= 11 is 3.07. The molecule has 0 spiro atoms. The third-order valence-electron chi connectivity index (χ3n) is 2.25. The van der Waals surface area contributed by atoms with Crippen LogP contribution in [0, 0.1) is 5.82 Å². The van der Waals surface area contributed by atoms with E-state index in [1.165, 1.54) is 18.5 Å². The molecule has 0 saturated carbocycles. The second-order valence-corrected chi connectivity index (χ2v) is 4.47. The number of pyridine rings is 1. The average molecular weight is 322 g/mol. The summed E-state index contributed by atoms with van der Waals surface area (Å²) in [5, 5.41) is 3.79. The fourth-order valence-corrected chi connectivity index (χ4v) is 1.72. The smallest absolute Gasteiger partial charge is 0.267 e. The second kappa shape index (κ2) is 6.19. The van der Waals surface area contributed by atoms with Crippen molar-refractivity contribution in [2.24, 2.45) is 5.10 Å². The van der Waals surface area contributed by atoms with Crippen molar-refractivity contribution >= 4 is 28.1 Å². The van der Waals surface area contributed by atoms with Crippen LogP contribution in [0.5, 0.6) is 0 Å². The number of amides is 1. The van der Waals surface area contributed by atoms with Crippen LogP contribution in [0.15, 0.2) is 52.3 Å². The summed E-state index contributed by atoms with van der Waals surface area (Å²) in [5.41, 5.74) is 3.45. The van der Waals surface area contributed by atoms with Gasteiger partial charge >= 0.3 is 0 Å². The number of benzene rings is 1. The molecular formula is C13H9BrFN3O. The van der Waals surface area contributed by atoms with Crippen molar-refractivity contribution in [3.63, 3.8) is 0 Å². The van der Waals surface area contributed by atoms with E-state index in [0.29, 0.717) is 15.6 Å². The molecule has 19 heavy (non-hydrogen) atoms. The van der Waals surface area contributed by atoms with Gasteiger partial charge < -0.3 is 0 Å². The lowest BCUT2D eigenvalue weighted by molar-refractivity contribution is 0.0955. The Morgan fingerprint density at radius 1 is 1.42 bits per heavy atom. The van der Waals surface area contributed by atoms with E-state index >= 15 is 0 Å². The van der Waals surface area contributed by atoms with Gasteiger partial charge in [-0.3, -0.25) is 9.78 Å². The van der Waals surface area contributed by atoms with E-state index in [1.54, 1.807) is 30.5 Å². The number of carbonyl (C=O) groups is 1. The predicted octanol–water partition coefficient (Wildman–Crippen LogP) is 2.75. The number of hydrazone groups is 1. The fourth-order valence-electron chi connectivity index (χ4n) is 1.32. The molecule has 0 fully saturated rings. The van der Waals surface area contributed by atoms with Gasteiger partial charge in [0.05, 0.1) is 16.3 Å². The van der Waals surface area contributed by atoms with Gasteiger partial charge in [0.15, 0.2) is 0 Å². The van der Waals surface area contributed by atoms with Crippen molar-refractivity contribution in [1.82, 2.24) is 10.4 Å². The first-order valence-corrected chi connectivity index (χ1v) is 6.14. The Labute approximate surface area is 117 Å². The predicted molar refractivity (Wildman–Crippen MR) is 73.4 cm³/mol. The summed E-state index contributed by atoms with van der Waals surface area (Å²) in [5.74, 6) is -0.706. The van der Waals surface area contributed by atoms with Crippen molar-refractivity contribution in [3.05, 3.63) is 64.1 Å². The third-order valence-corrected chi connectivity index (χ3v) is 2.85. The summed E-state index contributed by atoms with van der Waals surface area (Å²) in [7, 11) is 0. The normalized spacial score (nSPS) is 10.6. The highest BCUT2D eigenvalue weighted by Gasteiger charge is 2.02. The Morgan fingerprint density at radius 2 is 2.26 bits per heavy atom. The summed E-state index contributed by atoms with van der Waals surface area (Å²) in [4.78, 5) is 15.5. The van der Waals surface area contributed by atoms with E-state index < -0.39 is 0 Å². The third kappa shape index (κ3) is 3.69. The maximum atomic E-state index is 13.0. The minimum atomic E-state index is -0.356. The van der Waals surface area contributed by atoms with Gasteiger partial charge in [0.2, 0.25) is 0 Å². The lowest BCUT2D eigenvalue weighted by atomic mass is 10.2. The maximum absolute atomic E-state index is 13.0. The molecule has 4 nitrogen and oxygen atoms in total. The minimum Gasteiger partial charge on any atom is -0.267 e. The standard InChI is InChI=1S/C13H9BrFN3O/c14-11-6-9(3-4-12(11)15)7-17-18-13(19)10-2-1-5-16-8-10/h1-8H,(H,18,19)/b17-7+. The zero-order chi connectivity index (χ0) is 13.7. The molecule has 1 aromatic heterocycles. The molecule has 0 bridgehead atoms. The van der Waals surface area contributed by atoms with E-state index in [9.17, 15) is 9.18 Å². The van der Waals surface area contributed by atoms with Gasteiger partial charge in [-0.2, -0.15) is 5.10 Å². The van der Waals surface area contributed by atoms with Crippen molar-refractivity contribution in [2.45, 2.75) is 0 Å². The molecule has 2 aromatic rings. The topological polar surface area (TPSA) is 54.4 Å². The Kier molecular flexibility index (Phi) is 4.35. The number of rotatable bonds is 3. The van der Waals surface area contributed by atoms with Crippen LogP contribution < -0.4 is 5.43 Å². The maximum Gasteiger partial charge on any atom is 0.272 e. The molecule has 0 aliphatic heterocycles. The van der Waals surface area contributed by atoms with Crippen molar-refractivity contribution < 1.29 is 9.18 Å². The van der Waals surface area contributed by atoms with Crippen LogP contribution in [-0.4, -0.2) is 17.1 Å². The molecule has 1 heterocycles. The minimum absolute atomic E-state index is 0.343. The van der Waals surface area contributed by atoms with Gasteiger partial charge in [0, 0.05) is 12.4 Å². The molecule has 0 unspecified atom stereocenters. The molecule has 1 amide bonds. The van der Waals surface area contributed by atoms with E-state index in [-0.39, 0.29) is 11.7 Å². The first-order valence-electron chi connectivity index (χ1n) is 5.35. The van der Waals surface area contributed by atoms with E-state index in [1.807, 2.05) is 0 Å². The number of carbonyl (C=O) groups excluding carboxylic acids is 1. The number of aromatic nitrogens is 1. The summed E-state index contributed by atoms with van der Waals surface area (Å²) < 4.78 is 13.3. The molecule has 0 radical (unpaired) electrons. The molecule has 2 rings (SSSR count). The van der Waals surface area contributed by atoms with E-state index in [4.69, 9.17) is 0 Å². The quantitative estimate of drug-likeness (QED) is 0.698. The summed E-state index contributed by atoms with van der Waals surface area (Å²) in [6, 6.07) is 7.73. The molecule has 0 aliphatic carbocycles. The largest absolute Gasteiger partial charge is 0.272 e. The fraction of sp³-hybridized carbons (Fsp3) is 0. The van der Waals surface area contributed by atoms with Gasteiger partial charge in [0.25, 0.3) is 5.91 Å². The molecule has 6 heteroatoms. The van der Waals surface area contributed by atoms with Crippen LogP contribution in [0.4, 0.5) is 4.39 Å². The van der Waals surface area contributed by atoms with Gasteiger partial charge in [-0.1, -0.05) is 6.07 Å². The zero-order valence-corrected chi connectivity index (χ0v) is 11.3. The lowest BCUT2D eigenvalue weighted by Crippen LogP contribution is -2.17. The highest BCUT2D eigenvalue weighted by Crippen LogP contribution is 2.15. The first kappa shape index (κ1) is 13.4. The van der Waals surface area contributed by atoms with Crippen LogP contribution in [0.3, 0.4) is 0 Å². The van der Waals surface area contributed by atoms with Gasteiger partial charge in [-0.25, -0.2) is 9.82 Å². The average Bonchev–Trinajstić information content (AvgIpc) is 2.43. The number of hydrogen-bond donors (Lipinski definition) is 1. The SMILES string of the molecule is O=C(N/N=C/c1ccc(F)c(Br)c1)c1cccnc1. The van der Waals surface area contributed by atoms with Crippen LogP contribution >= 0.6 is 15.9 Å².